The molecule has 0 heterocycles. The lowest BCUT2D eigenvalue weighted by molar-refractivity contribution is 0.117. The molecule has 2 atom stereocenters. The third-order valence-electron chi connectivity index (χ3n) is 2.98. The molecule has 0 saturated carbocycles. The lowest BCUT2D eigenvalue weighted by atomic mass is 10.1. The first-order valence-electron chi connectivity index (χ1n) is 6.72. The zero-order chi connectivity index (χ0) is 14.4. The molecule has 0 radical (unpaired) electrons. The summed E-state index contributed by atoms with van der Waals surface area (Å²) in [5.41, 5.74) is 1.07. The van der Waals surface area contributed by atoms with E-state index >= 15 is 0 Å². The Hall–Kier alpha value is -1.55. The fourth-order valence-electron chi connectivity index (χ4n) is 1.91. The Morgan fingerprint density at radius 3 is 2.26 bits per heavy atom. The van der Waals surface area contributed by atoms with Crippen molar-refractivity contribution in [2.75, 3.05) is 6.54 Å². The van der Waals surface area contributed by atoms with Crippen LogP contribution >= 0.6 is 0 Å². The van der Waals surface area contributed by atoms with Gasteiger partial charge in [0.2, 0.25) is 0 Å². The predicted molar refractivity (Wildman–Crippen MR) is 76.9 cm³/mol. The molecule has 106 valence electrons. The molecule has 0 aliphatic carbocycles. The van der Waals surface area contributed by atoms with Crippen LogP contribution in [-0.2, 0) is 0 Å². The second-order valence-corrected chi connectivity index (χ2v) is 5.18. The fraction of sp³-hybridized carbons (Fsp3) is 0.533. The highest BCUT2D eigenvalue weighted by Gasteiger charge is 2.20. The van der Waals surface area contributed by atoms with Crippen LogP contribution in [0.5, 0.6) is 0 Å². The number of rotatable bonds is 5. The zero-order valence-corrected chi connectivity index (χ0v) is 12.1. The molecule has 19 heavy (non-hydrogen) atoms. The predicted octanol–water partition coefficient (Wildman–Crippen LogP) is 2.55. The van der Waals surface area contributed by atoms with Gasteiger partial charge in [-0.3, -0.25) is 0 Å². The Morgan fingerprint density at radius 2 is 1.79 bits per heavy atom. The number of benzene rings is 1. The summed E-state index contributed by atoms with van der Waals surface area (Å²) < 4.78 is 0. The standard InChI is InChI=1S/C15H24N2O2/c1-11(2)17(10-12(3)18)15(19)16-13(4)14-8-6-5-7-9-14/h5-9,11-13,18H,10H2,1-4H3,(H,16,19). The molecule has 2 amide bonds. The molecular weight excluding hydrogens is 240 g/mol. The van der Waals surface area contributed by atoms with Crippen molar-refractivity contribution in [3.05, 3.63) is 35.9 Å². The van der Waals surface area contributed by atoms with Crippen molar-refractivity contribution in [1.29, 1.82) is 0 Å². The smallest absolute Gasteiger partial charge is 0.318 e. The van der Waals surface area contributed by atoms with E-state index in [9.17, 15) is 9.90 Å². The van der Waals surface area contributed by atoms with E-state index in [1.54, 1.807) is 11.8 Å². The molecule has 1 rings (SSSR count). The van der Waals surface area contributed by atoms with Gasteiger partial charge in [0.1, 0.15) is 0 Å². The molecule has 0 bridgehead atoms. The van der Waals surface area contributed by atoms with Gasteiger partial charge in [0.05, 0.1) is 12.1 Å². The number of hydrogen-bond acceptors (Lipinski definition) is 2. The summed E-state index contributed by atoms with van der Waals surface area (Å²) in [6.07, 6.45) is -0.528. The van der Waals surface area contributed by atoms with E-state index in [1.165, 1.54) is 0 Å². The van der Waals surface area contributed by atoms with Gasteiger partial charge in [-0.15, -0.1) is 0 Å². The van der Waals surface area contributed by atoms with Crippen LogP contribution in [0.2, 0.25) is 0 Å². The molecule has 0 saturated heterocycles. The SMILES string of the molecule is CC(O)CN(C(=O)NC(C)c1ccccc1)C(C)C. The number of aliphatic hydroxyl groups is 1. The van der Waals surface area contributed by atoms with Crippen LogP contribution in [0.15, 0.2) is 30.3 Å². The minimum atomic E-state index is -0.528. The summed E-state index contributed by atoms with van der Waals surface area (Å²) in [5, 5.41) is 12.4. The lowest BCUT2D eigenvalue weighted by Crippen LogP contribution is -2.47. The second kappa shape index (κ2) is 7.14. The molecule has 4 heteroatoms. The van der Waals surface area contributed by atoms with Crippen LogP contribution < -0.4 is 5.32 Å². The van der Waals surface area contributed by atoms with E-state index in [1.807, 2.05) is 51.1 Å². The van der Waals surface area contributed by atoms with Gasteiger partial charge in [0, 0.05) is 12.6 Å². The second-order valence-electron chi connectivity index (χ2n) is 5.18. The van der Waals surface area contributed by atoms with Crippen molar-refractivity contribution in [3.8, 4) is 0 Å². The molecule has 1 aromatic rings. The quantitative estimate of drug-likeness (QED) is 0.858. The average molecular weight is 264 g/mol. The molecule has 0 fully saturated rings. The number of amides is 2. The monoisotopic (exact) mass is 264 g/mol. The molecule has 4 nitrogen and oxygen atoms in total. The van der Waals surface area contributed by atoms with Crippen LogP contribution in [0.3, 0.4) is 0 Å². The molecule has 0 aromatic heterocycles. The first-order chi connectivity index (χ1) is 8.91. The summed E-state index contributed by atoms with van der Waals surface area (Å²) in [6, 6.07) is 9.68. The topological polar surface area (TPSA) is 52.6 Å². The van der Waals surface area contributed by atoms with Gasteiger partial charge in [-0.1, -0.05) is 30.3 Å². The Kier molecular flexibility index (Phi) is 5.83. The van der Waals surface area contributed by atoms with Crippen LogP contribution in [0.1, 0.15) is 39.3 Å². The first kappa shape index (κ1) is 15.5. The molecule has 1 aromatic carbocycles. The van der Waals surface area contributed by atoms with Gasteiger partial charge >= 0.3 is 6.03 Å². The van der Waals surface area contributed by atoms with Gasteiger partial charge in [-0.05, 0) is 33.3 Å². The summed E-state index contributed by atoms with van der Waals surface area (Å²) >= 11 is 0. The number of nitrogens with one attached hydrogen (secondary N) is 1. The van der Waals surface area contributed by atoms with Crippen molar-refractivity contribution >= 4 is 6.03 Å². The summed E-state index contributed by atoms with van der Waals surface area (Å²) in [7, 11) is 0. The maximum atomic E-state index is 12.2. The maximum absolute atomic E-state index is 12.2. The summed E-state index contributed by atoms with van der Waals surface area (Å²) in [5.74, 6) is 0. The average Bonchev–Trinajstić information content (AvgIpc) is 2.36. The minimum absolute atomic E-state index is 0.0519. The van der Waals surface area contributed by atoms with E-state index in [2.05, 4.69) is 5.32 Å². The molecule has 2 unspecified atom stereocenters. The molecule has 0 spiro atoms. The maximum Gasteiger partial charge on any atom is 0.318 e. The molecule has 2 N–H and O–H groups in total. The van der Waals surface area contributed by atoms with Gasteiger partial charge in [-0.2, -0.15) is 0 Å². The van der Waals surface area contributed by atoms with E-state index in [-0.39, 0.29) is 18.1 Å². The van der Waals surface area contributed by atoms with Gasteiger partial charge in [0.15, 0.2) is 0 Å². The van der Waals surface area contributed by atoms with Gasteiger partial charge < -0.3 is 15.3 Å². The summed E-state index contributed by atoms with van der Waals surface area (Å²) in [6.45, 7) is 7.85. The van der Waals surface area contributed by atoms with Gasteiger partial charge in [0.25, 0.3) is 0 Å². The number of hydrogen-bond donors (Lipinski definition) is 2. The minimum Gasteiger partial charge on any atom is -0.392 e. The third kappa shape index (κ3) is 4.91. The van der Waals surface area contributed by atoms with Crippen molar-refractivity contribution < 1.29 is 9.90 Å². The third-order valence-corrected chi connectivity index (χ3v) is 2.98. The Bertz CT molecular complexity index is 390. The number of urea groups is 1. The van der Waals surface area contributed by atoms with E-state index in [0.717, 1.165) is 5.56 Å². The van der Waals surface area contributed by atoms with Crippen molar-refractivity contribution in [1.82, 2.24) is 10.2 Å². The highest BCUT2D eigenvalue weighted by atomic mass is 16.3. The van der Waals surface area contributed by atoms with Gasteiger partial charge in [-0.25, -0.2) is 4.79 Å². The number of carbonyl (C=O) groups is 1. The molecular formula is C15H24N2O2. The normalized spacial score (nSPS) is 14.0. The largest absolute Gasteiger partial charge is 0.392 e. The number of aliphatic hydroxyl groups excluding tert-OH is 1. The van der Waals surface area contributed by atoms with E-state index < -0.39 is 6.10 Å². The van der Waals surface area contributed by atoms with E-state index in [4.69, 9.17) is 0 Å². The van der Waals surface area contributed by atoms with Crippen molar-refractivity contribution in [2.24, 2.45) is 0 Å². The summed E-state index contributed by atoms with van der Waals surface area (Å²) in [4.78, 5) is 13.9. The Morgan fingerprint density at radius 1 is 1.21 bits per heavy atom. The first-order valence-corrected chi connectivity index (χ1v) is 6.72. The number of carbonyl (C=O) groups excluding carboxylic acids is 1. The van der Waals surface area contributed by atoms with Crippen LogP contribution in [0.4, 0.5) is 4.79 Å². The Balaban J connectivity index is 2.66. The highest BCUT2D eigenvalue weighted by Crippen LogP contribution is 2.12. The Labute approximate surface area is 115 Å². The van der Waals surface area contributed by atoms with Crippen LogP contribution in [0.25, 0.3) is 0 Å². The zero-order valence-electron chi connectivity index (χ0n) is 12.1. The van der Waals surface area contributed by atoms with Crippen LogP contribution in [-0.4, -0.2) is 34.7 Å². The molecule has 0 aliphatic rings. The van der Waals surface area contributed by atoms with E-state index in [0.29, 0.717) is 6.54 Å². The lowest BCUT2D eigenvalue weighted by Gasteiger charge is -2.29. The van der Waals surface area contributed by atoms with Crippen LogP contribution in [0, 0.1) is 0 Å². The highest BCUT2D eigenvalue weighted by molar-refractivity contribution is 5.75. The van der Waals surface area contributed by atoms with Crippen molar-refractivity contribution in [2.45, 2.75) is 45.9 Å². The number of nitrogens with zero attached hydrogens (tertiary/aromatic N) is 1. The molecule has 0 aliphatic heterocycles. The van der Waals surface area contributed by atoms with Crippen molar-refractivity contribution in [3.63, 3.8) is 0 Å². The fourth-order valence-corrected chi connectivity index (χ4v) is 1.91.